The van der Waals surface area contributed by atoms with Crippen molar-refractivity contribution in [1.82, 2.24) is 15.3 Å². The number of urea groups is 1. The highest BCUT2D eigenvalue weighted by molar-refractivity contribution is 5.87. The summed E-state index contributed by atoms with van der Waals surface area (Å²) < 4.78 is 10.9. The first-order valence-corrected chi connectivity index (χ1v) is 6.46. The molecule has 1 aromatic carbocycles. The van der Waals surface area contributed by atoms with Gasteiger partial charge in [0.1, 0.15) is 0 Å². The Morgan fingerprint density at radius 2 is 1.76 bits per heavy atom. The van der Waals surface area contributed by atoms with Crippen LogP contribution in [0.2, 0.25) is 0 Å². The first kappa shape index (κ1) is 14.6. The number of para-hydroxylation sites is 2. The Hall–Kier alpha value is -2.83. The van der Waals surface area contributed by atoms with Crippen LogP contribution in [-0.2, 0) is 0 Å². The van der Waals surface area contributed by atoms with Crippen molar-refractivity contribution in [3.05, 3.63) is 42.7 Å². The number of hydrogen-bond donors (Lipinski definition) is 2. The number of rotatable bonds is 6. The van der Waals surface area contributed by atoms with Crippen molar-refractivity contribution in [2.45, 2.75) is 6.92 Å². The van der Waals surface area contributed by atoms with Crippen molar-refractivity contribution in [2.24, 2.45) is 0 Å². The second kappa shape index (κ2) is 7.68. The third-order valence-corrected chi connectivity index (χ3v) is 2.40. The van der Waals surface area contributed by atoms with Crippen LogP contribution in [0, 0.1) is 0 Å². The molecule has 2 N–H and O–H groups in total. The monoisotopic (exact) mass is 288 g/mol. The number of nitrogens with one attached hydrogen (secondary N) is 2. The summed E-state index contributed by atoms with van der Waals surface area (Å²) in [5, 5.41) is 5.03. The SMILES string of the molecule is CCOc1ccccc1OCNC(=O)Nc1ncccn1. The third kappa shape index (κ3) is 4.64. The molecule has 7 heteroatoms. The average molecular weight is 288 g/mol. The number of ether oxygens (including phenoxy) is 2. The Bertz CT molecular complexity index is 577. The van der Waals surface area contributed by atoms with Gasteiger partial charge in [-0.15, -0.1) is 0 Å². The molecule has 0 aliphatic heterocycles. The van der Waals surface area contributed by atoms with Gasteiger partial charge in [0, 0.05) is 12.4 Å². The van der Waals surface area contributed by atoms with Crippen LogP contribution in [0.5, 0.6) is 11.5 Å². The van der Waals surface area contributed by atoms with Crippen molar-refractivity contribution < 1.29 is 14.3 Å². The Balaban J connectivity index is 1.80. The molecule has 0 radical (unpaired) electrons. The molecule has 7 nitrogen and oxygen atoms in total. The number of hydrogen-bond acceptors (Lipinski definition) is 5. The summed E-state index contributed by atoms with van der Waals surface area (Å²) in [6.45, 7) is 2.44. The van der Waals surface area contributed by atoms with Gasteiger partial charge < -0.3 is 14.8 Å². The van der Waals surface area contributed by atoms with Crippen molar-refractivity contribution in [3.8, 4) is 11.5 Å². The van der Waals surface area contributed by atoms with E-state index in [0.717, 1.165) is 0 Å². The molecular formula is C14H16N4O3. The molecule has 110 valence electrons. The van der Waals surface area contributed by atoms with E-state index in [-0.39, 0.29) is 12.7 Å². The van der Waals surface area contributed by atoms with Gasteiger partial charge in [0.15, 0.2) is 18.2 Å². The van der Waals surface area contributed by atoms with Crippen molar-refractivity contribution in [3.63, 3.8) is 0 Å². The molecule has 0 saturated carbocycles. The van der Waals surface area contributed by atoms with Crippen LogP contribution in [0.15, 0.2) is 42.7 Å². The summed E-state index contributed by atoms with van der Waals surface area (Å²) in [5.74, 6) is 1.42. The van der Waals surface area contributed by atoms with Crippen molar-refractivity contribution in [2.75, 3.05) is 18.7 Å². The van der Waals surface area contributed by atoms with Crippen LogP contribution >= 0.6 is 0 Å². The van der Waals surface area contributed by atoms with Gasteiger partial charge in [-0.1, -0.05) is 12.1 Å². The van der Waals surface area contributed by atoms with Crippen LogP contribution in [-0.4, -0.2) is 29.3 Å². The summed E-state index contributed by atoms with van der Waals surface area (Å²) >= 11 is 0. The number of amides is 2. The minimum atomic E-state index is -0.449. The van der Waals surface area contributed by atoms with Gasteiger partial charge in [-0.2, -0.15) is 0 Å². The first-order chi connectivity index (χ1) is 10.3. The molecule has 0 saturated heterocycles. The number of carbonyl (C=O) groups excluding carboxylic acids is 1. The Kier molecular flexibility index (Phi) is 5.33. The molecule has 0 fully saturated rings. The van der Waals surface area contributed by atoms with E-state index >= 15 is 0 Å². The molecule has 1 heterocycles. The first-order valence-electron chi connectivity index (χ1n) is 6.46. The molecule has 0 bridgehead atoms. The highest BCUT2D eigenvalue weighted by Crippen LogP contribution is 2.25. The van der Waals surface area contributed by atoms with Gasteiger partial charge in [-0.05, 0) is 25.1 Å². The Morgan fingerprint density at radius 3 is 2.43 bits per heavy atom. The molecule has 21 heavy (non-hydrogen) atoms. The second-order valence-electron chi connectivity index (χ2n) is 3.87. The third-order valence-electron chi connectivity index (χ3n) is 2.40. The number of benzene rings is 1. The molecule has 2 rings (SSSR count). The predicted octanol–water partition coefficient (Wildman–Crippen LogP) is 2.03. The fourth-order valence-electron chi connectivity index (χ4n) is 1.53. The molecular weight excluding hydrogens is 272 g/mol. The van der Waals surface area contributed by atoms with E-state index in [9.17, 15) is 4.79 Å². The smallest absolute Gasteiger partial charge is 0.324 e. The summed E-state index contributed by atoms with van der Waals surface area (Å²) in [4.78, 5) is 19.4. The summed E-state index contributed by atoms with van der Waals surface area (Å²) in [7, 11) is 0. The highest BCUT2D eigenvalue weighted by atomic mass is 16.5. The lowest BCUT2D eigenvalue weighted by Crippen LogP contribution is -2.32. The van der Waals surface area contributed by atoms with Gasteiger partial charge in [0.25, 0.3) is 0 Å². The normalized spacial score (nSPS) is 9.76. The van der Waals surface area contributed by atoms with Gasteiger partial charge in [0.2, 0.25) is 5.95 Å². The molecule has 0 aliphatic rings. The number of aromatic nitrogens is 2. The van der Waals surface area contributed by atoms with Gasteiger partial charge >= 0.3 is 6.03 Å². The standard InChI is InChI=1S/C14H16N4O3/c1-2-20-11-6-3-4-7-12(11)21-10-17-14(19)18-13-15-8-5-9-16-13/h3-9H,2,10H2,1H3,(H2,15,16,17,18,19). The van der Waals surface area contributed by atoms with Crippen LogP contribution in [0.4, 0.5) is 10.7 Å². The van der Waals surface area contributed by atoms with E-state index < -0.39 is 6.03 Å². The van der Waals surface area contributed by atoms with E-state index in [0.29, 0.717) is 18.1 Å². The lowest BCUT2D eigenvalue weighted by Gasteiger charge is -2.12. The zero-order valence-electron chi connectivity index (χ0n) is 11.6. The predicted molar refractivity (Wildman–Crippen MR) is 77.3 cm³/mol. The Labute approximate surface area is 122 Å². The molecule has 2 amide bonds. The minimum Gasteiger partial charge on any atom is -0.490 e. The second-order valence-corrected chi connectivity index (χ2v) is 3.87. The molecule has 0 spiro atoms. The largest absolute Gasteiger partial charge is 0.490 e. The van der Waals surface area contributed by atoms with Crippen LogP contribution in [0.25, 0.3) is 0 Å². The topological polar surface area (TPSA) is 85.4 Å². The van der Waals surface area contributed by atoms with Crippen LogP contribution < -0.4 is 20.1 Å². The zero-order chi connectivity index (χ0) is 14.9. The minimum absolute atomic E-state index is 0.00273. The number of anilines is 1. The lowest BCUT2D eigenvalue weighted by atomic mass is 10.3. The van der Waals surface area contributed by atoms with Crippen LogP contribution in [0.1, 0.15) is 6.92 Å². The summed E-state index contributed by atoms with van der Waals surface area (Å²) in [5.41, 5.74) is 0. The molecule has 2 aromatic rings. The van der Waals surface area contributed by atoms with Gasteiger partial charge in [0.05, 0.1) is 6.61 Å². The summed E-state index contributed by atoms with van der Waals surface area (Å²) in [6, 6.07) is 8.47. The molecule has 0 aliphatic carbocycles. The van der Waals surface area contributed by atoms with Crippen LogP contribution in [0.3, 0.4) is 0 Å². The maximum atomic E-state index is 11.6. The van der Waals surface area contributed by atoms with E-state index in [2.05, 4.69) is 20.6 Å². The van der Waals surface area contributed by atoms with Crippen molar-refractivity contribution in [1.29, 1.82) is 0 Å². The Morgan fingerprint density at radius 1 is 1.10 bits per heavy atom. The fraction of sp³-hybridized carbons (Fsp3) is 0.214. The molecule has 0 atom stereocenters. The van der Waals surface area contributed by atoms with E-state index in [4.69, 9.17) is 9.47 Å². The average Bonchev–Trinajstić information content (AvgIpc) is 2.50. The van der Waals surface area contributed by atoms with E-state index in [1.54, 1.807) is 18.2 Å². The lowest BCUT2D eigenvalue weighted by molar-refractivity contribution is 0.229. The summed E-state index contributed by atoms with van der Waals surface area (Å²) in [6.07, 6.45) is 3.08. The zero-order valence-corrected chi connectivity index (χ0v) is 11.6. The maximum Gasteiger partial charge on any atom is 0.324 e. The quantitative estimate of drug-likeness (QED) is 0.794. The highest BCUT2D eigenvalue weighted by Gasteiger charge is 2.05. The van der Waals surface area contributed by atoms with Crippen molar-refractivity contribution >= 4 is 12.0 Å². The number of nitrogens with zero attached hydrogens (tertiary/aromatic N) is 2. The maximum absolute atomic E-state index is 11.6. The molecule has 0 unspecified atom stereocenters. The van der Waals surface area contributed by atoms with E-state index in [1.807, 2.05) is 19.1 Å². The van der Waals surface area contributed by atoms with Gasteiger partial charge in [-0.3, -0.25) is 5.32 Å². The van der Waals surface area contributed by atoms with E-state index in [1.165, 1.54) is 12.4 Å². The molecule has 1 aromatic heterocycles. The van der Waals surface area contributed by atoms with Gasteiger partial charge in [-0.25, -0.2) is 14.8 Å². The fourth-order valence-corrected chi connectivity index (χ4v) is 1.53. The number of carbonyl (C=O) groups is 1.